The van der Waals surface area contributed by atoms with Crippen LogP contribution in [0.1, 0.15) is 69.2 Å². The maximum absolute atomic E-state index is 13.3. The molecule has 0 saturated heterocycles. The lowest BCUT2D eigenvalue weighted by Crippen LogP contribution is -2.39. The number of amides is 4. The molecule has 8 rings (SSSR count). The van der Waals surface area contributed by atoms with E-state index in [1.165, 1.54) is 21.6 Å². The Hall–Kier alpha value is -3.24. The van der Waals surface area contributed by atoms with Crippen molar-refractivity contribution in [2.24, 2.45) is 0 Å². The molecule has 4 amide bonds. The quantitative estimate of drug-likeness (QED) is 0.0376. The molecule has 0 radical (unpaired) electrons. The van der Waals surface area contributed by atoms with Gasteiger partial charge in [-0.2, -0.15) is 0 Å². The van der Waals surface area contributed by atoms with Crippen LogP contribution in [0.5, 0.6) is 0 Å². The number of carbonyl (C=O) groups excluding carboxylic acids is 2. The maximum Gasteiger partial charge on any atom is 0.314 e. The van der Waals surface area contributed by atoms with Gasteiger partial charge in [-0.15, -0.1) is 0 Å². The monoisotopic (exact) mass is 1120 g/mol. The number of rotatable bonds is 25. The van der Waals surface area contributed by atoms with Gasteiger partial charge in [0, 0.05) is 115 Å². The van der Waals surface area contributed by atoms with E-state index in [0.717, 1.165) is 77.0 Å². The molecule has 0 aliphatic carbocycles. The Morgan fingerprint density at radius 2 is 1.08 bits per heavy atom. The predicted octanol–water partition coefficient (Wildman–Crippen LogP) is 8.26. The Bertz CT molecular complexity index is 2570. The normalized spacial score (nSPS) is 18.8. The van der Waals surface area contributed by atoms with Gasteiger partial charge in [0.1, 0.15) is 11.0 Å². The molecule has 4 aliphatic rings. The van der Waals surface area contributed by atoms with Crippen LogP contribution in [-0.2, 0) is 56.1 Å². The fourth-order valence-electron chi connectivity index (χ4n) is 9.66. The largest absolute Gasteiger partial charge is 0.378 e. The van der Waals surface area contributed by atoms with Crippen molar-refractivity contribution in [1.29, 1.82) is 0 Å². The van der Waals surface area contributed by atoms with E-state index in [4.69, 9.17) is 65.4 Å². The van der Waals surface area contributed by atoms with Crippen molar-refractivity contribution in [2.75, 3.05) is 119 Å². The summed E-state index contributed by atoms with van der Waals surface area (Å²) in [4.78, 5) is 31.0. The second-order valence-corrected chi connectivity index (χ2v) is 23.0. The molecule has 0 spiro atoms. The van der Waals surface area contributed by atoms with Crippen molar-refractivity contribution in [3.05, 3.63) is 125 Å². The standard InChI is InChI=1S/C52H66Cl4N8O7S2/c1-61-31-43(41-25-39(53)27-47(55)45(41)33-61)35-5-7-49-37(23-35)29-63(72-49)13-17-70-21-19-68-15-11-59-51(65)57-9-3-4-10-58-52(66)60-12-16-69-20-22-71-18-14-64-30-38-24-36(6-8-50(38)73(64)67)44-32-62(2)34-46-42(44)26-40(54)28-48(46)56/h5-8,23-28,43-44H,3-4,9-22,29-34H2,1-2H3,(H2,57,59,65)(H2,58,60,66). The number of likely N-dealkylation sites (N-methyl/N-ethyl adjacent to an activating group) is 2. The molecule has 15 nitrogen and oxygen atoms in total. The molecule has 4 aromatic carbocycles. The second kappa shape index (κ2) is 27.7. The summed E-state index contributed by atoms with van der Waals surface area (Å²) in [7, 11) is 2.97. The molecule has 0 bridgehead atoms. The number of carbonyl (C=O) groups is 2. The van der Waals surface area contributed by atoms with E-state index in [2.05, 4.69) is 85.9 Å². The van der Waals surface area contributed by atoms with Crippen LogP contribution in [0.25, 0.3) is 0 Å². The summed E-state index contributed by atoms with van der Waals surface area (Å²) in [5.74, 6) is 0.335. The van der Waals surface area contributed by atoms with E-state index in [0.29, 0.717) is 120 Å². The van der Waals surface area contributed by atoms with Crippen molar-refractivity contribution >= 4 is 81.4 Å². The molecule has 73 heavy (non-hydrogen) atoms. The van der Waals surface area contributed by atoms with Gasteiger partial charge >= 0.3 is 12.1 Å². The van der Waals surface area contributed by atoms with Gasteiger partial charge in [0.2, 0.25) is 0 Å². The van der Waals surface area contributed by atoms with Crippen molar-refractivity contribution < 1.29 is 32.7 Å². The molecule has 396 valence electrons. The van der Waals surface area contributed by atoms with Gasteiger partial charge in [0.15, 0.2) is 0 Å². The molecule has 3 unspecified atom stereocenters. The van der Waals surface area contributed by atoms with E-state index < -0.39 is 11.0 Å². The number of hydrogen-bond acceptors (Lipinski definition) is 11. The van der Waals surface area contributed by atoms with Crippen molar-refractivity contribution in [1.82, 2.24) is 39.7 Å². The molecular weight excluding hydrogens is 1050 g/mol. The number of hydrogen-bond donors (Lipinski definition) is 4. The Morgan fingerprint density at radius 1 is 0.589 bits per heavy atom. The minimum absolute atomic E-state index is 0.120. The third-order valence-electron chi connectivity index (χ3n) is 13.3. The number of fused-ring (bicyclic) bond motifs is 4. The van der Waals surface area contributed by atoms with Crippen LogP contribution in [0.3, 0.4) is 0 Å². The van der Waals surface area contributed by atoms with Gasteiger partial charge in [-0.25, -0.2) is 22.4 Å². The number of halogens is 4. The van der Waals surface area contributed by atoms with Crippen molar-refractivity contribution in [3.8, 4) is 0 Å². The lowest BCUT2D eigenvalue weighted by molar-refractivity contribution is 0.0462. The second-order valence-electron chi connectivity index (χ2n) is 18.7. The fraction of sp³-hybridized carbons (Fsp3) is 0.500. The number of urea groups is 2. The maximum atomic E-state index is 13.3. The Morgan fingerprint density at radius 3 is 1.64 bits per heavy atom. The van der Waals surface area contributed by atoms with E-state index >= 15 is 0 Å². The van der Waals surface area contributed by atoms with Gasteiger partial charge < -0.3 is 50.0 Å². The summed E-state index contributed by atoms with van der Waals surface area (Å²) in [5, 5.41) is 14.0. The Kier molecular flexibility index (Phi) is 21.2. The van der Waals surface area contributed by atoms with E-state index in [1.807, 2.05) is 22.5 Å². The lowest BCUT2D eigenvalue weighted by Gasteiger charge is -2.33. The van der Waals surface area contributed by atoms with Gasteiger partial charge in [-0.05, 0) is 120 Å². The van der Waals surface area contributed by atoms with Crippen LogP contribution in [0, 0.1) is 0 Å². The minimum atomic E-state index is -1.25. The lowest BCUT2D eigenvalue weighted by atomic mass is 9.84. The molecule has 4 heterocycles. The zero-order valence-corrected chi connectivity index (χ0v) is 46.1. The Balaban J connectivity index is 0.575. The average Bonchev–Trinajstić information content (AvgIpc) is 3.92. The topological polar surface area (TPSA) is 149 Å². The highest BCUT2D eigenvalue weighted by molar-refractivity contribution is 7.97. The van der Waals surface area contributed by atoms with Gasteiger partial charge in [0.05, 0.1) is 57.8 Å². The average molecular weight is 1120 g/mol. The summed E-state index contributed by atoms with van der Waals surface area (Å²) in [6.45, 7) is 11.3. The molecular formula is C52H66Cl4N8O7S2. The van der Waals surface area contributed by atoms with E-state index in [1.54, 1.807) is 18.0 Å². The van der Waals surface area contributed by atoms with Gasteiger partial charge in [-0.1, -0.05) is 70.7 Å². The first kappa shape index (κ1) is 56.0. The SMILES string of the molecule is CN1Cc2c(Cl)cc(Cl)cc2C(c2ccc3c(c2)CN(CCOCCOCCNC(=O)NCCCCNC(=O)NCCOCCOCCN2Cc4cc(C5CN(C)Cc6c(Cl)cc(Cl)cc65)ccc4S2=O)S3)C1. The first-order valence-electron chi connectivity index (χ1n) is 24.9. The third kappa shape index (κ3) is 15.7. The van der Waals surface area contributed by atoms with Crippen LogP contribution in [0.15, 0.2) is 70.5 Å². The van der Waals surface area contributed by atoms with Crippen LogP contribution in [-0.4, -0.2) is 154 Å². The van der Waals surface area contributed by atoms with Crippen LogP contribution < -0.4 is 21.3 Å². The summed E-state index contributed by atoms with van der Waals surface area (Å²) < 4.78 is 40.4. The number of nitrogens with one attached hydrogen (secondary N) is 4. The van der Waals surface area contributed by atoms with Crippen molar-refractivity contribution in [2.45, 2.75) is 60.6 Å². The summed E-state index contributed by atoms with van der Waals surface area (Å²) in [5.41, 5.74) is 9.46. The molecule has 21 heteroatoms. The van der Waals surface area contributed by atoms with Crippen LogP contribution in [0.4, 0.5) is 9.59 Å². The number of nitrogens with zero attached hydrogens (tertiary/aromatic N) is 4. The molecule has 4 N–H and O–H groups in total. The molecule has 4 aromatic rings. The van der Waals surface area contributed by atoms with E-state index in [-0.39, 0.29) is 23.9 Å². The predicted molar refractivity (Wildman–Crippen MR) is 291 cm³/mol. The first-order chi connectivity index (χ1) is 35.4. The number of unbranched alkanes of at least 4 members (excludes halogenated alkanes) is 1. The molecule has 3 atom stereocenters. The molecule has 0 aromatic heterocycles. The summed E-state index contributed by atoms with van der Waals surface area (Å²) >= 11 is 27.8. The zero-order valence-electron chi connectivity index (χ0n) is 41.5. The highest BCUT2D eigenvalue weighted by Gasteiger charge is 2.32. The van der Waals surface area contributed by atoms with Crippen LogP contribution >= 0.6 is 58.4 Å². The van der Waals surface area contributed by atoms with Gasteiger partial charge in [0.25, 0.3) is 0 Å². The molecule has 4 aliphatic heterocycles. The van der Waals surface area contributed by atoms with Gasteiger partial charge in [-0.3, -0.25) is 0 Å². The zero-order chi connectivity index (χ0) is 51.3. The minimum Gasteiger partial charge on any atom is -0.378 e. The van der Waals surface area contributed by atoms with Crippen LogP contribution in [0.2, 0.25) is 20.1 Å². The smallest absolute Gasteiger partial charge is 0.314 e. The number of benzene rings is 4. The highest BCUT2D eigenvalue weighted by atomic mass is 35.5. The summed E-state index contributed by atoms with van der Waals surface area (Å²) in [6, 6.07) is 20.2. The molecule has 0 saturated carbocycles. The Labute approximate surface area is 456 Å². The first-order valence-corrected chi connectivity index (χ1v) is 28.3. The fourth-order valence-corrected chi connectivity index (χ4v) is 13.1. The van der Waals surface area contributed by atoms with Crippen molar-refractivity contribution in [3.63, 3.8) is 0 Å². The number of ether oxygens (including phenoxy) is 4. The van der Waals surface area contributed by atoms with E-state index in [9.17, 15) is 13.8 Å². The third-order valence-corrected chi connectivity index (χ3v) is 17.1. The summed E-state index contributed by atoms with van der Waals surface area (Å²) in [6.07, 6.45) is 1.43. The molecule has 0 fully saturated rings. The highest BCUT2D eigenvalue weighted by Crippen LogP contribution is 2.43.